The normalized spacial score (nSPS) is 10.7. The Morgan fingerprint density at radius 2 is 2.36 bits per heavy atom. The van der Waals surface area contributed by atoms with Gasteiger partial charge in [0.25, 0.3) is 0 Å². The summed E-state index contributed by atoms with van der Waals surface area (Å²) in [6.07, 6.45) is 2.28. The first-order valence-electron chi connectivity index (χ1n) is 4.27. The zero-order chi connectivity index (χ0) is 10.8. The van der Waals surface area contributed by atoms with Gasteiger partial charge in [0.15, 0.2) is 0 Å². The maximum Gasteiger partial charge on any atom is 0.141 e. The zero-order valence-corrected chi connectivity index (χ0v) is 7.95. The highest BCUT2D eigenvalue weighted by atomic mass is 19.1. The average Bonchev–Trinajstić information content (AvgIpc) is 2.20. The molecular weight excluding hydrogens is 186 g/mol. The third kappa shape index (κ3) is 7.17. The van der Waals surface area contributed by atoms with E-state index in [4.69, 9.17) is 5.26 Å². The molecule has 0 aliphatic heterocycles. The first-order valence-corrected chi connectivity index (χ1v) is 4.27. The molecule has 0 fully saturated rings. The Balaban J connectivity index is 0.000000241. The van der Waals surface area contributed by atoms with Gasteiger partial charge in [-0.25, -0.2) is 8.78 Å². The van der Waals surface area contributed by atoms with Crippen molar-refractivity contribution >= 4 is 0 Å². The van der Waals surface area contributed by atoms with Crippen molar-refractivity contribution in [1.29, 1.82) is 5.26 Å². The Morgan fingerprint density at radius 1 is 1.64 bits per heavy atom. The number of aromatic nitrogens is 1. The van der Waals surface area contributed by atoms with Crippen LogP contribution in [0.15, 0.2) is 24.5 Å². The Bertz CT molecular complexity index is 269. The number of alkyl halides is 1. The summed E-state index contributed by atoms with van der Waals surface area (Å²) in [6, 6.07) is 4.65. The van der Waals surface area contributed by atoms with Crippen molar-refractivity contribution in [2.75, 3.05) is 0 Å². The van der Waals surface area contributed by atoms with Crippen molar-refractivity contribution < 1.29 is 8.78 Å². The largest absolute Gasteiger partial charge is 0.262 e. The minimum absolute atomic E-state index is 0.0382. The van der Waals surface area contributed by atoms with Gasteiger partial charge in [0, 0.05) is 6.20 Å². The van der Waals surface area contributed by atoms with Gasteiger partial charge in [-0.05, 0) is 18.6 Å². The van der Waals surface area contributed by atoms with Gasteiger partial charge in [-0.1, -0.05) is 6.92 Å². The molecule has 1 unspecified atom stereocenters. The summed E-state index contributed by atoms with van der Waals surface area (Å²) in [5, 5.41) is 7.88. The molecule has 0 saturated heterocycles. The molecule has 1 aromatic heterocycles. The molecule has 0 bridgehead atoms. The van der Waals surface area contributed by atoms with Crippen LogP contribution in [0.5, 0.6) is 0 Å². The van der Waals surface area contributed by atoms with Crippen molar-refractivity contribution in [2.45, 2.75) is 25.9 Å². The number of pyridine rings is 1. The monoisotopic (exact) mass is 198 g/mol. The van der Waals surface area contributed by atoms with Crippen LogP contribution in [0, 0.1) is 17.1 Å². The van der Waals surface area contributed by atoms with Crippen LogP contribution in [0.4, 0.5) is 8.78 Å². The second kappa shape index (κ2) is 8.11. The molecule has 1 aromatic rings. The van der Waals surface area contributed by atoms with Gasteiger partial charge in [0.2, 0.25) is 0 Å². The Kier molecular flexibility index (Phi) is 7.24. The summed E-state index contributed by atoms with van der Waals surface area (Å²) >= 11 is 0. The molecule has 0 aliphatic rings. The molecule has 0 radical (unpaired) electrons. The molecule has 1 rings (SSSR count). The number of hydrogen-bond donors (Lipinski definition) is 0. The highest BCUT2D eigenvalue weighted by Crippen LogP contribution is 1.99. The zero-order valence-electron chi connectivity index (χ0n) is 7.95. The van der Waals surface area contributed by atoms with E-state index in [0.717, 1.165) is 0 Å². The topological polar surface area (TPSA) is 36.7 Å². The minimum atomic E-state index is -0.912. The van der Waals surface area contributed by atoms with Crippen LogP contribution in [-0.4, -0.2) is 11.2 Å². The summed E-state index contributed by atoms with van der Waals surface area (Å²) in [4.78, 5) is 3.51. The summed E-state index contributed by atoms with van der Waals surface area (Å²) in [7, 11) is 0. The molecule has 4 heteroatoms. The van der Waals surface area contributed by atoms with Crippen molar-refractivity contribution in [3.8, 4) is 6.07 Å². The van der Waals surface area contributed by atoms with Crippen LogP contribution in [0.1, 0.15) is 19.8 Å². The van der Waals surface area contributed by atoms with Gasteiger partial charge < -0.3 is 0 Å². The maximum atomic E-state index is 11.9. The minimum Gasteiger partial charge on any atom is -0.262 e. The third-order valence-electron chi connectivity index (χ3n) is 1.38. The number of halogens is 2. The highest BCUT2D eigenvalue weighted by molar-refractivity contribution is 4.92. The molecule has 76 valence electrons. The van der Waals surface area contributed by atoms with E-state index in [9.17, 15) is 8.78 Å². The van der Waals surface area contributed by atoms with E-state index in [1.807, 2.05) is 0 Å². The fourth-order valence-electron chi connectivity index (χ4n) is 0.585. The molecule has 1 atom stereocenters. The van der Waals surface area contributed by atoms with Crippen LogP contribution >= 0.6 is 0 Å². The molecule has 0 saturated carbocycles. The first-order chi connectivity index (χ1) is 6.70. The van der Waals surface area contributed by atoms with Crippen molar-refractivity contribution in [2.24, 2.45) is 0 Å². The number of nitrogens with zero attached hydrogens (tertiary/aromatic N) is 2. The molecule has 0 aromatic carbocycles. The van der Waals surface area contributed by atoms with Gasteiger partial charge in [0.1, 0.15) is 12.0 Å². The Labute approximate surface area is 82.2 Å². The van der Waals surface area contributed by atoms with E-state index in [0.29, 0.717) is 6.42 Å². The third-order valence-corrected chi connectivity index (χ3v) is 1.38. The molecular formula is C10H12F2N2. The van der Waals surface area contributed by atoms with Crippen molar-refractivity contribution in [3.63, 3.8) is 0 Å². The van der Waals surface area contributed by atoms with Crippen molar-refractivity contribution in [3.05, 3.63) is 30.3 Å². The van der Waals surface area contributed by atoms with E-state index >= 15 is 0 Å². The fourth-order valence-corrected chi connectivity index (χ4v) is 0.585. The smallest absolute Gasteiger partial charge is 0.141 e. The van der Waals surface area contributed by atoms with Crippen LogP contribution in [-0.2, 0) is 0 Å². The lowest BCUT2D eigenvalue weighted by Crippen LogP contribution is -1.93. The van der Waals surface area contributed by atoms with Gasteiger partial charge >= 0.3 is 0 Å². The molecule has 14 heavy (non-hydrogen) atoms. The van der Waals surface area contributed by atoms with Gasteiger partial charge in [-0.2, -0.15) is 5.26 Å². The lowest BCUT2D eigenvalue weighted by molar-refractivity contribution is 0.330. The second-order valence-electron chi connectivity index (χ2n) is 2.54. The van der Waals surface area contributed by atoms with Crippen LogP contribution in [0.3, 0.4) is 0 Å². The SMILES string of the molecule is CCC(F)CC#N.Fc1cccnc1. The molecule has 0 spiro atoms. The van der Waals surface area contributed by atoms with Gasteiger partial charge in [0.05, 0.1) is 18.7 Å². The molecule has 0 amide bonds. The number of nitriles is 1. The van der Waals surface area contributed by atoms with E-state index in [2.05, 4.69) is 4.98 Å². The predicted molar refractivity (Wildman–Crippen MR) is 49.6 cm³/mol. The van der Waals surface area contributed by atoms with Gasteiger partial charge in [-0.15, -0.1) is 0 Å². The quantitative estimate of drug-likeness (QED) is 0.732. The molecule has 0 aliphatic carbocycles. The summed E-state index contributed by atoms with van der Waals surface area (Å²) < 4.78 is 23.8. The Morgan fingerprint density at radius 3 is 2.57 bits per heavy atom. The average molecular weight is 198 g/mol. The summed E-state index contributed by atoms with van der Waals surface area (Å²) in [5.41, 5.74) is 0. The number of hydrogen-bond acceptors (Lipinski definition) is 2. The highest BCUT2D eigenvalue weighted by Gasteiger charge is 1.98. The Hall–Kier alpha value is -1.50. The lowest BCUT2D eigenvalue weighted by Gasteiger charge is -1.92. The van der Waals surface area contributed by atoms with Crippen LogP contribution in [0.2, 0.25) is 0 Å². The molecule has 0 N–H and O–H groups in total. The van der Waals surface area contributed by atoms with E-state index in [-0.39, 0.29) is 12.2 Å². The van der Waals surface area contributed by atoms with E-state index < -0.39 is 6.17 Å². The number of rotatable bonds is 2. The molecule has 1 heterocycles. The van der Waals surface area contributed by atoms with Crippen molar-refractivity contribution in [1.82, 2.24) is 4.98 Å². The van der Waals surface area contributed by atoms with E-state index in [1.54, 1.807) is 19.1 Å². The molecule has 2 nitrogen and oxygen atoms in total. The predicted octanol–water partition coefficient (Wildman–Crippen LogP) is 2.87. The standard InChI is InChI=1S/C5H4FN.C5H8FN/c6-5-2-1-3-7-4-5;1-2-5(6)3-4-7/h1-4H;5H,2-3H2,1H3. The first kappa shape index (κ1) is 12.5. The lowest BCUT2D eigenvalue weighted by atomic mass is 10.2. The van der Waals surface area contributed by atoms with E-state index in [1.165, 1.54) is 18.5 Å². The summed E-state index contributed by atoms with van der Waals surface area (Å²) in [6.45, 7) is 1.72. The maximum absolute atomic E-state index is 11.9. The van der Waals surface area contributed by atoms with Gasteiger partial charge in [-0.3, -0.25) is 4.98 Å². The second-order valence-corrected chi connectivity index (χ2v) is 2.54. The van der Waals surface area contributed by atoms with Crippen LogP contribution in [0.25, 0.3) is 0 Å². The fraction of sp³-hybridized carbons (Fsp3) is 0.400. The summed E-state index contributed by atoms with van der Waals surface area (Å²) in [5.74, 6) is -0.289. The van der Waals surface area contributed by atoms with Crippen LogP contribution < -0.4 is 0 Å².